The number of methoxy groups -OCH3 is 3. The summed E-state index contributed by atoms with van der Waals surface area (Å²) in [5.41, 5.74) is 0.649. The molecule has 0 aliphatic rings. The lowest BCUT2D eigenvalue weighted by molar-refractivity contribution is -0.137. The highest BCUT2D eigenvalue weighted by atomic mass is 16.5. The third-order valence-corrected chi connectivity index (χ3v) is 4.64. The number of rotatable bonds is 8. The topological polar surface area (TPSA) is 85.9 Å². The lowest BCUT2D eigenvalue weighted by Gasteiger charge is -2.32. The minimum absolute atomic E-state index is 0.169. The molecule has 0 fully saturated rings. The van der Waals surface area contributed by atoms with Crippen LogP contribution in [-0.4, -0.2) is 39.7 Å². The van der Waals surface area contributed by atoms with Crippen molar-refractivity contribution in [2.75, 3.05) is 33.2 Å². The zero-order valence-electron chi connectivity index (χ0n) is 16.6. The van der Waals surface area contributed by atoms with E-state index >= 15 is 0 Å². The molecule has 2 aromatic carbocycles. The first-order valence-corrected chi connectivity index (χ1v) is 8.91. The molecular formula is C21H26N2O5. The number of benzene rings is 2. The predicted molar refractivity (Wildman–Crippen MR) is 107 cm³/mol. The number of carbonyl (C=O) groups is 2. The highest BCUT2D eigenvalue weighted by Gasteiger charge is 2.31. The molecule has 1 unspecified atom stereocenters. The van der Waals surface area contributed by atoms with Crippen molar-refractivity contribution in [1.29, 1.82) is 0 Å². The summed E-state index contributed by atoms with van der Waals surface area (Å²) in [6.07, 6.45) is 0.630. The van der Waals surface area contributed by atoms with Crippen LogP contribution in [0.25, 0.3) is 0 Å². The molecule has 28 heavy (non-hydrogen) atoms. The standard InChI is InChI=1S/C21H26N2O5/c1-5-21(28-4,15-9-7-6-8-10-15)14-22-19(24)20(25)23-16-11-12-17(26-2)18(13-16)27-3/h6-13H,5,14H2,1-4H3,(H,22,24)(H,23,25). The molecule has 0 heterocycles. The van der Waals surface area contributed by atoms with E-state index in [0.717, 1.165) is 5.56 Å². The molecular weight excluding hydrogens is 360 g/mol. The number of hydrogen-bond donors (Lipinski definition) is 2. The number of nitrogens with one attached hydrogen (secondary N) is 2. The molecule has 0 aromatic heterocycles. The molecule has 7 heteroatoms. The molecule has 1 atom stereocenters. The lowest BCUT2D eigenvalue weighted by atomic mass is 9.90. The van der Waals surface area contributed by atoms with Crippen LogP contribution in [0.5, 0.6) is 11.5 Å². The fourth-order valence-corrected chi connectivity index (χ4v) is 2.91. The fourth-order valence-electron chi connectivity index (χ4n) is 2.91. The molecule has 2 rings (SSSR count). The quantitative estimate of drug-likeness (QED) is 0.682. The van der Waals surface area contributed by atoms with Gasteiger partial charge >= 0.3 is 11.8 Å². The summed E-state index contributed by atoms with van der Waals surface area (Å²) in [7, 11) is 4.60. The van der Waals surface area contributed by atoms with Crippen LogP contribution < -0.4 is 20.1 Å². The highest BCUT2D eigenvalue weighted by molar-refractivity contribution is 6.39. The minimum atomic E-state index is -0.776. The Bertz CT molecular complexity index is 804. The van der Waals surface area contributed by atoms with Gasteiger partial charge in [-0.1, -0.05) is 37.3 Å². The lowest BCUT2D eigenvalue weighted by Crippen LogP contribution is -2.45. The van der Waals surface area contributed by atoms with Gasteiger partial charge in [-0.3, -0.25) is 9.59 Å². The highest BCUT2D eigenvalue weighted by Crippen LogP contribution is 2.30. The van der Waals surface area contributed by atoms with Gasteiger partial charge < -0.3 is 24.8 Å². The van der Waals surface area contributed by atoms with Gasteiger partial charge in [0.1, 0.15) is 5.60 Å². The van der Waals surface area contributed by atoms with E-state index in [1.54, 1.807) is 25.3 Å². The summed E-state index contributed by atoms with van der Waals surface area (Å²) in [6, 6.07) is 14.4. The Kier molecular flexibility index (Phi) is 7.40. The molecule has 0 aliphatic heterocycles. The molecule has 0 saturated heterocycles. The zero-order chi connectivity index (χ0) is 20.6. The van der Waals surface area contributed by atoms with E-state index in [9.17, 15) is 9.59 Å². The Morgan fingerprint density at radius 2 is 1.61 bits per heavy atom. The van der Waals surface area contributed by atoms with Gasteiger partial charge in [0.25, 0.3) is 0 Å². The van der Waals surface area contributed by atoms with E-state index < -0.39 is 17.4 Å². The number of anilines is 1. The Hall–Kier alpha value is -3.06. The molecule has 0 bridgehead atoms. The van der Waals surface area contributed by atoms with E-state index in [1.165, 1.54) is 14.2 Å². The molecule has 0 radical (unpaired) electrons. The van der Waals surface area contributed by atoms with Crippen LogP contribution in [0.1, 0.15) is 18.9 Å². The molecule has 7 nitrogen and oxygen atoms in total. The van der Waals surface area contributed by atoms with Gasteiger partial charge in [0.15, 0.2) is 11.5 Å². The van der Waals surface area contributed by atoms with Crippen molar-refractivity contribution in [3.63, 3.8) is 0 Å². The van der Waals surface area contributed by atoms with Crippen LogP contribution in [0.3, 0.4) is 0 Å². The molecule has 0 aliphatic carbocycles. The third kappa shape index (κ3) is 4.80. The fraction of sp³-hybridized carbons (Fsp3) is 0.333. The minimum Gasteiger partial charge on any atom is -0.493 e. The van der Waals surface area contributed by atoms with Crippen molar-refractivity contribution in [3.05, 3.63) is 54.1 Å². The van der Waals surface area contributed by atoms with Crippen LogP contribution in [-0.2, 0) is 19.9 Å². The Labute approximate surface area is 165 Å². The predicted octanol–water partition coefficient (Wildman–Crippen LogP) is 2.71. The smallest absolute Gasteiger partial charge is 0.313 e. The molecule has 2 N–H and O–H groups in total. The van der Waals surface area contributed by atoms with Crippen molar-refractivity contribution in [2.24, 2.45) is 0 Å². The summed E-state index contributed by atoms with van der Waals surface area (Å²) < 4.78 is 16.1. The van der Waals surface area contributed by atoms with Gasteiger partial charge in [0.2, 0.25) is 0 Å². The van der Waals surface area contributed by atoms with E-state index in [4.69, 9.17) is 14.2 Å². The van der Waals surface area contributed by atoms with Crippen molar-refractivity contribution in [1.82, 2.24) is 5.32 Å². The summed E-state index contributed by atoms with van der Waals surface area (Å²) in [5.74, 6) is -0.545. The molecule has 0 saturated carbocycles. The Morgan fingerprint density at radius 3 is 2.18 bits per heavy atom. The first-order chi connectivity index (χ1) is 13.5. The first-order valence-electron chi connectivity index (χ1n) is 8.91. The SMILES string of the molecule is CCC(CNC(=O)C(=O)Nc1ccc(OC)c(OC)c1)(OC)c1ccccc1. The van der Waals surface area contributed by atoms with Crippen LogP contribution >= 0.6 is 0 Å². The van der Waals surface area contributed by atoms with Gasteiger partial charge in [-0.05, 0) is 24.1 Å². The average molecular weight is 386 g/mol. The maximum Gasteiger partial charge on any atom is 0.313 e. The molecule has 2 aromatic rings. The summed E-state index contributed by atoms with van der Waals surface area (Å²) in [4.78, 5) is 24.6. The van der Waals surface area contributed by atoms with Crippen LogP contribution in [0.4, 0.5) is 5.69 Å². The summed E-state index contributed by atoms with van der Waals surface area (Å²) in [5, 5.41) is 5.22. The van der Waals surface area contributed by atoms with Gasteiger partial charge in [-0.25, -0.2) is 0 Å². The van der Waals surface area contributed by atoms with Crippen LogP contribution in [0.2, 0.25) is 0 Å². The van der Waals surface area contributed by atoms with Crippen LogP contribution in [0.15, 0.2) is 48.5 Å². The second kappa shape index (κ2) is 9.75. The second-order valence-corrected chi connectivity index (χ2v) is 6.12. The van der Waals surface area contributed by atoms with Gasteiger partial charge in [-0.2, -0.15) is 0 Å². The molecule has 150 valence electrons. The van der Waals surface area contributed by atoms with Crippen molar-refractivity contribution in [3.8, 4) is 11.5 Å². The summed E-state index contributed by atoms with van der Waals surface area (Å²) in [6.45, 7) is 2.13. The van der Waals surface area contributed by atoms with Gasteiger partial charge in [0, 0.05) is 18.9 Å². The van der Waals surface area contributed by atoms with E-state index in [0.29, 0.717) is 23.6 Å². The number of ether oxygens (including phenoxy) is 3. The van der Waals surface area contributed by atoms with Crippen molar-refractivity contribution >= 4 is 17.5 Å². The Morgan fingerprint density at radius 1 is 0.929 bits per heavy atom. The largest absolute Gasteiger partial charge is 0.493 e. The normalized spacial score (nSPS) is 12.6. The number of hydrogen-bond acceptors (Lipinski definition) is 5. The number of carbonyl (C=O) groups excluding carboxylic acids is 2. The monoisotopic (exact) mass is 386 g/mol. The maximum absolute atomic E-state index is 12.3. The van der Waals surface area contributed by atoms with Crippen molar-refractivity contribution in [2.45, 2.75) is 18.9 Å². The van der Waals surface area contributed by atoms with E-state index in [1.807, 2.05) is 37.3 Å². The number of amides is 2. The zero-order valence-corrected chi connectivity index (χ0v) is 16.6. The van der Waals surface area contributed by atoms with E-state index in [2.05, 4.69) is 10.6 Å². The van der Waals surface area contributed by atoms with E-state index in [-0.39, 0.29) is 6.54 Å². The van der Waals surface area contributed by atoms with Crippen LogP contribution in [0, 0.1) is 0 Å². The molecule has 2 amide bonds. The van der Waals surface area contributed by atoms with Crippen molar-refractivity contribution < 1.29 is 23.8 Å². The molecule has 0 spiro atoms. The third-order valence-electron chi connectivity index (χ3n) is 4.64. The first kappa shape index (κ1) is 21.2. The average Bonchev–Trinajstić information content (AvgIpc) is 2.75. The van der Waals surface area contributed by atoms with Gasteiger partial charge in [0.05, 0.1) is 20.8 Å². The maximum atomic E-state index is 12.3. The second-order valence-electron chi connectivity index (χ2n) is 6.12. The summed E-state index contributed by atoms with van der Waals surface area (Å²) >= 11 is 0. The Balaban J connectivity index is 2.04. The van der Waals surface area contributed by atoms with Gasteiger partial charge in [-0.15, -0.1) is 0 Å².